The molecule has 0 aliphatic rings. The van der Waals surface area contributed by atoms with Gasteiger partial charge in [0.1, 0.15) is 0 Å². The summed E-state index contributed by atoms with van der Waals surface area (Å²) in [6.45, 7) is 0.450. The maximum absolute atomic E-state index is 11.9. The summed E-state index contributed by atoms with van der Waals surface area (Å²) in [7, 11) is 3.80. The van der Waals surface area contributed by atoms with E-state index in [1.54, 1.807) is 11.8 Å². The first-order valence-electron chi connectivity index (χ1n) is 6.16. The van der Waals surface area contributed by atoms with Gasteiger partial charge >= 0.3 is 0 Å². The third-order valence-electron chi connectivity index (χ3n) is 2.62. The topological polar surface area (TPSA) is 20.3 Å². The second kappa shape index (κ2) is 6.55. The molecule has 0 N–H and O–H groups in total. The molecular weight excluding hydrogens is 254 g/mol. The summed E-state index contributed by atoms with van der Waals surface area (Å²) < 4.78 is 0. The van der Waals surface area contributed by atoms with E-state index in [2.05, 4.69) is 12.1 Å². The van der Waals surface area contributed by atoms with E-state index >= 15 is 0 Å². The average molecular weight is 271 g/mol. The van der Waals surface area contributed by atoms with Crippen LogP contribution < -0.4 is 0 Å². The molecule has 0 aliphatic carbocycles. The van der Waals surface area contributed by atoms with Crippen molar-refractivity contribution in [1.29, 1.82) is 0 Å². The fraction of sp³-hybridized carbons (Fsp3) is 0.188. The molecule has 2 aromatic carbocycles. The van der Waals surface area contributed by atoms with Crippen LogP contribution in [0.5, 0.6) is 0 Å². The van der Waals surface area contributed by atoms with Crippen LogP contribution in [-0.4, -0.2) is 31.3 Å². The summed E-state index contributed by atoms with van der Waals surface area (Å²) in [5.41, 5.74) is 0.770. The summed E-state index contributed by atoms with van der Waals surface area (Å²) in [6, 6.07) is 18.0. The molecule has 0 atom stereocenters. The van der Waals surface area contributed by atoms with Crippen LogP contribution in [0.15, 0.2) is 64.4 Å². The maximum Gasteiger partial charge on any atom is 0.176 e. The highest BCUT2D eigenvalue weighted by molar-refractivity contribution is 7.99. The summed E-state index contributed by atoms with van der Waals surface area (Å²) in [5.74, 6) is 0.154. The molecule has 0 saturated heterocycles. The van der Waals surface area contributed by atoms with Gasteiger partial charge in [0.05, 0.1) is 6.54 Å². The third-order valence-corrected chi connectivity index (χ3v) is 3.63. The van der Waals surface area contributed by atoms with Crippen molar-refractivity contribution in [3.63, 3.8) is 0 Å². The van der Waals surface area contributed by atoms with E-state index < -0.39 is 0 Å². The van der Waals surface area contributed by atoms with Gasteiger partial charge in [0, 0.05) is 15.4 Å². The highest BCUT2D eigenvalue weighted by Gasteiger charge is 2.06. The minimum absolute atomic E-state index is 0.154. The number of hydrogen-bond donors (Lipinski definition) is 0. The van der Waals surface area contributed by atoms with Gasteiger partial charge in [-0.1, -0.05) is 42.1 Å². The SMILES string of the molecule is CN(C)CC(=O)c1ccc(Sc2ccccc2)cc1. The average Bonchev–Trinajstić information content (AvgIpc) is 2.40. The Kier molecular flexibility index (Phi) is 4.77. The Morgan fingerprint density at radius 1 is 0.947 bits per heavy atom. The van der Waals surface area contributed by atoms with Gasteiger partial charge in [-0.15, -0.1) is 0 Å². The number of rotatable bonds is 5. The minimum Gasteiger partial charge on any atom is -0.302 e. The third kappa shape index (κ3) is 4.23. The largest absolute Gasteiger partial charge is 0.302 e. The van der Waals surface area contributed by atoms with Crippen LogP contribution in [0, 0.1) is 0 Å². The van der Waals surface area contributed by atoms with Crippen molar-refractivity contribution >= 4 is 17.5 Å². The monoisotopic (exact) mass is 271 g/mol. The lowest BCUT2D eigenvalue weighted by atomic mass is 10.1. The Labute approximate surface area is 118 Å². The number of benzene rings is 2. The molecule has 0 amide bonds. The second-order valence-electron chi connectivity index (χ2n) is 4.60. The van der Waals surface area contributed by atoms with E-state index in [0.29, 0.717) is 6.54 Å². The molecule has 2 rings (SSSR count). The van der Waals surface area contributed by atoms with Gasteiger partial charge in [0.25, 0.3) is 0 Å². The van der Waals surface area contributed by atoms with Gasteiger partial charge in [-0.2, -0.15) is 0 Å². The molecule has 0 bridgehead atoms. The van der Waals surface area contributed by atoms with E-state index in [4.69, 9.17) is 0 Å². The zero-order valence-corrected chi connectivity index (χ0v) is 12.0. The van der Waals surface area contributed by atoms with Crippen LogP contribution in [0.1, 0.15) is 10.4 Å². The molecule has 0 radical (unpaired) electrons. The van der Waals surface area contributed by atoms with E-state index in [-0.39, 0.29) is 5.78 Å². The Morgan fingerprint density at radius 3 is 2.11 bits per heavy atom. The predicted octanol–water partition coefficient (Wildman–Crippen LogP) is 3.58. The van der Waals surface area contributed by atoms with Crippen LogP contribution in [0.2, 0.25) is 0 Å². The highest BCUT2D eigenvalue weighted by atomic mass is 32.2. The normalized spacial score (nSPS) is 10.7. The van der Waals surface area contributed by atoms with Crippen molar-refractivity contribution in [2.24, 2.45) is 0 Å². The molecule has 2 aromatic rings. The van der Waals surface area contributed by atoms with Crippen LogP contribution in [0.3, 0.4) is 0 Å². The van der Waals surface area contributed by atoms with Gasteiger partial charge < -0.3 is 4.90 Å². The first kappa shape index (κ1) is 13.8. The van der Waals surface area contributed by atoms with Crippen molar-refractivity contribution in [2.75, 3.05) is 20.6 Å². The summed E-state index contributed by atoms with van der Waals surface area (Å²) in [5, 5.41) is 0. The quantitative estimate of drug-likeness (QED) is 0.775. The fourth-order valence-corrected chi connectivity index (χ4v) is 2.55. The summed E-state index contributed by atoms with van der Waals surface area (Å²) in [4.78, 5) is 16.1. The lowest BCUT2D eigenvalue weighted by Gasteiger charge is -2.08. The van der Waals surface area contributed by atoms with Crippen molar-refractivity contribution in [2.45, 2.75) is 9.79 Å². The number of ketones is 1. The number of nitrogens with zero attached hydrogens (tertiary/aromatic N) is 1. The van der Waals surface area contributed by atoms with Gasteiger partial charge in [-0.05, 0) is 38.4 Å². The first-order valence-corrected chi connectivity index (χ1v) is 6.98. The molecule has 2 nitrogen and oxygen atoms in total. The standard InChI is InChI=1S/C16H17NOS/c1-17(2)12-16(18)13-8-10-15(11-9-13)19-14-6-4-3-5-7-14/h3-11H,12H2,1-2H3. The Bertz CT molecular complexity index is 534. The molecule has 0 aromatic heterocycles. The van der Waals surface area contributed by atoms with Gasteiger partial charge in [-0.3, -0.25) is 4.79 Å². The summed E-state index contributed by atoms with van der Waals surface area (Å²) in [6.07, 6.45) is 0. The molecule has 19 heavy (non-hydrogen) atoms. The van der Waals surface area contributed by atoms with E-state index in [1.807, 2.05) is 61.5 Å². The number of carbonyl (C=O) groups excluding carboxylic acids is 1. The maximum atomic E-state index is 11.9. The van der Waals surface area contributed by atoms with E-state index in [0.717, 1.165) is 10.5 Å². The molecule has 0 spiro atoms. The lowest BCUT2D eigenvalue weighted by Crippen LogP contribution is -2.21. The molecule has 0 unspecified atom stereocenters. The molecular formula is C16H17NOS. The number of hydrogen-bond acceptors (Lipinski definition) is 3. The summed E-state index contributed by atoms with van der Waals surface area (Å²) >= 11 is 1.70. The molecule has 0 aliphatic heterocycles. The van der Waals surface area contributed by atoms with Crippen LogP contribution >= 0.6 is 11.8 Å². The molecule has 0 fully saturated rings. The fourth-order valence-electron chi connectivity index (χ4n) is 1.71. The van der Waals surface area contributed by atoms with Crippen LogP contribution in [0.25, 0.3) is 0 Å². The molecule has 3 heteroatoms. The minimum atomic E-state index is 0.154. The smallest absolute Gasteiger partial charge is 0.176 e. The van der Waals surface area contributed by atoms with Crippen molar-refractivity contribution in [1.82, 2.24) is 4.90 Å². The Morgan fingerprint density at radius 2 is 1.53 bits per heavy atom. The van der Waals surface area contributed by atoms with Gasteiger partial charge in [0.2, 0.25) is 0 Å². The number of Topliss-reactive ketones (excluding diaryl/α,β-unsaturated/α-hetero) is 1. The predicted molar refractivity (Wildman–Crippen MR) is 79.9 cm³/mol. The lowest BCUT2D eigenvalue weighted by molar-refractivity contribution is 0.0958. The van der Waals surface area contributed by atoms with E-state index in [1.165, 1.54) is 4.90 Å². The van der Waals surface area contributed by atoms with Crippen LogP contribution in [0.4, 0.5) is 0 Å². The number of likely N-dealkylation sites (N-methyl/N-ethyl adjacent to an activating group) is 1. The Hall–Kier alpha value is -1.58. The number of carbonyl (C=O) groups is 1. The van der Waals surface area contributed by atoms with E-state index in [9.17, 15) is 4.79 Å². The van der Waals surface area contributed by atoms with Crippen molar-refractivity contribution < 1.29 is 4.79 Å². The van der Waals surface area contributed by atoms with Crippen LogP contribution in [-0.2, 0) is 0 Å². The molecule has 98 valence electrons. The van der Waals surface area contributed by atoms with Gasteiger partial charge in [-0.25, -0.2) is 0 Å². The van der Waals surface area contributed by atoms with Crippen molar-refractivity contribution in [3.05, 3.63) is 60.2 Å². The zero-order valence-electron chi connectivity index (χ0n) is 11.2. The van der Waals surface area contributed by atoms with Gasteiger partial charge in [0.15, 0.2) is 5.78 Å². The zero-order chi connectivity index (χ0) is 13.7. The molecule has 0 saturated carbocycles. The molecule has 0 heterocycles. The second-order valence-corrected chi connectivity index (χ2v) is 5.75. The highest BCUT2D eigenvalue weighted by Crippen LogP contribution is 2.27. The Balaban J connectivity index is 2.04. The first-order chi connectivity index (χ1) is 9.15. The van der Waals surface area contributed by atoms with Crippen molar-refractivity contribution in [3.8, 4) is 0 Å².